The van der Waals surface area contributed by atoms with Gasteiger partial charge in [0.15, 0.2) is 0 Å². The zero-order valence-electron chi connectivity index (χ0n) is 11.6. The summed E-state index contributed by atoms with van der Waals surface area (Å²) in [5.41, 5.74) is 0.829. The van der Waals surface area contributed by atoms with Crippen LogP contribution in [0.2, 0.25) is 0 Å². The summed E-state index contributed by atoms with van der Waals surface area (Å²) in [6.07, 6.45) is 0. The predicted octanol–water partition coefficient (Wildman–Crippen LogP) is 5.07. The van der Waals surface area contributed by atoms with E-state index in [9.17, 15) is 4.39 Å². The van der Waals surface area contributed by atoms with Crippen molar-refractivity contribution in [1.29, 1.82) is 0 Å². The molecule has 108 valence electrons. The first-order valence-electron chi connectivity index (χ1n) is 6.36. The van der Waals surface area contributed by atoms with Crippen molar-refractivity contribution in [2.24, 2.45) is 0 Å². The number of benzene rings is 1. The first-order valence-corrected chi connectivity index (χ1v) is 7.97. The molecule has 0 saturated heterocycles. The number of nitrogens with one attached hydrogen (secondary N) is 1. The number of thiophene rings is 1. The molecule has 2 aromatic rings. The standard InChI is InChI=1S/C15H17BrFNOS/c1-9(12-8-11(17)4-5-13(12)19-3)18-10(2)14-6-7-15(16)20-14/h4-10,18H,1-3H3. The minimum Gasteiger partial charge on any atom is -0.496 e. The smallest absolute Gasteiger partial charge is 0.123 e. The minimum atomic E-state index is -0.249. The molecule has 0 radical (unpaired) electrons. The van der Waals surface area contributed by atoms with Gasteiger partial charge in [0.2, 0.25) is 0 Å². The van der Waals surface area contributed by atoms with Crippen molar-refractivity contribution < 1.29 is 9.13 Å². The SMILES string of the molecule is COc1ccc(F)cc1C(C)NC(C)c1ccc(Br)s1. The zero-order chi connectivity index (χ0) is 14.7. The molecule has 0 aliphatic carbocycles. The summed E-state index contributed by atoms with van der Waals surface area (Å²) in [6, 6.07) is 8.90. The van der Waals surface area contributed by atoms with Crippen LogP contribution in [-0.4, -0.2) is 7.11 Å². The van der Waals surface area contributed by atoms with Gasteiger partial charge in [-0.1, -0.05) is 0 Å². The van der Waals surface area contributed by atoms with Crippen molar-refractivity contribution in [1.82, 2.24) is 5.32 Å². The van der Waals surface area contributed by atoms with Crippen LogP contribution in [0.1, 0.15) is 36.4 Å². The highest BCUT2D eigenvalue weighted by Gasteiger charge is 2.16. The van der Waals surface area contributed by atoms with Gasteiger partial charge in [0.25, 0.3) is 0 Å². The van der Waals surface area contributed by atoms with Gasteiger partial charge in [-0.3, -0.25) is 0 Å². The van der Waals surface area contributed by atoms with E-state index < -0.39 is 0 Å². The Morgan fingerprint density at radius 1 is 1.20 bits per heavy atom. The molecule has 1 heterocycles. The number of hydrogen-bond acceptors (Lipinski definition) is 3. The van der Waals surface area contributed by atoms with Crippen molar-refractivity contribution in [3.8, 4) is 5.75 Å². The number of ether oxygens (including phenoxy) is 1. The molecule has 0 aliphatic heterocycles. The molecule has 20 heavy (non-hydrogen) atoms. The first-order chi connectivity index (χ1) is 9.51. The average Bonchev–Trinajstić information content (AvgIpc) is 2.85. The molecule has 0 aliphatic rings. The van der Waals surface area contributed by atoms with E-state index in [1.807, 2.05) is 13.0 Å². The molecule has 5 heteroatoms. The lowest BCUT2D eigenvalue weighted by atomic mass is 10.1. The van der Waals surface area contributed by atoms with Gasteiger partial charge in [-0.25, -0.2) is 4.39 Å². The van der Waals surface area contributed by atoms with Gasteiger partial charge < -0.3 is 10.1 Å². The van der Waals surface area contributed by atoms with Crippen LogP contribution in [0.25, 0.3) is 0 Å². The number of rotatable bonds is 5. The van der Waals surface area contributed by atoms with Crippen molar-refractivity contribution in [3.63, 3.8) is 0 Å². The van der Waals surface area contributed by atoms with E-state index in [-0.39, 0.29) is 17.9 Å². The van der Waals surface area contributed by atoms with Gasteiger partial charge in [0.1, 0.15) is 11.6 Å². The zero-order valence-corrected chi connectivity index (χ0v) is 14.0. The van der Waals surface area contributed by atoms with E-state index in [0.29, 0.717) is 5.75 Å². The second-order valence-corrected chi connectivity index (χ2v) is 7.13. The molecule has 0 bridgehead atoms. The number of hydrogen-bond donors (Lipinski definition) is 1. The lowest BCUT2D eigenvalue weighted by molar-refractivity contribution is 0.395. The van der Waals surface area contributed by atoms with Crippen molar-refractivity contribution in [3.05, 3.63) is 50.4 Å². The fourth-order valence-corrected chi connectivity index (χ4v) is 3.59. The van der Waals surface area contributed by atoms with Gasteiger partial charge in [-0.05, 0) is 60.1 Å². The first kappa shape index (κ1) is 15.5. The van der Waals surface area contributed by atoms with Crippen LogP contribution >= 0.6 is 27.3 Å². The third-order valence-corrected chi connectivity index (χ3v) is 4.99. The maximum Gasteiger partial charge on any atom is 0.123 e. The molecule has 2 atom stereocenters. The summed E-state index contributed by atoms with van der Waals surface area (Å²) in [6.45, 7) is 4.11. The summed E-state index contributed by atoms with van der Waals surface area (Å²) in [7, 11) is 1.60. The molecule has 0 saturated carbocycles. The van der Waals surface area contributed by atoms with Crippen LogP contribution in [0, 0.1) is 5.82 Å². The Morgan fingerprint density at radius 3 is 2.55 bits per heavy atom. The summed E-state index contributed by atoms with van der Waals surface area (Å²) in [5.74, 6) is 0.451. The quantitative estimate of drug-likeness (QED) is 0.806. The fourth-order valence-electron chi connectivity index (χ4n) is 2.15. The summed E-state index contributed by atoms with van der Waals surface area (Å²) < 4.78 is 19.8. The van der Waals surface area contributed by atoms with Gasteiger partial charge in [-0.2, -0.15) is 0 Å². The summed E-state index contributed by atoms with van der Waals surface area (Å²) >= 11 is 5.16. The monoisotopic (exact) mass is 357 g/mol. The Hall–Kier alpha value is -0.910. The van der Waals surface area contributed by atoms with Crippen LogP contribution in [0.3, 0.4) is 0 Å². The van der Waals surface area contributed by atoms with Crippen LogP contribution in [0.15, 0.2) is 34.1 Å². The van der Waals surface area contributed by atoms with Gasteiger partial charge in [0.05, 0.1) is 10.9 Å². The molecular weight excluding hydrogens is 341 g/mol. The number of halogens is 2. The fraction of sp³-hybridized carbons (Fsp3) is 0.333. The molecule has 0 fully saturated rings. The van der Waals surface area contributed by atoms with Crippen LogP contribution in [0.4, 0.5) is 4.39 Å². The summed E-state index contributed by atoms with van der Waals surface area (Å²) in [5, 5.41) is 3.47. The normalized spacial score (nSPS) is 14.1. The highest BCUT2D eigenvalue weighted by atomic mass is 79.9. The van der Waals surface area contributed by atoms with Crippen LogP contribution in [-0.2, 0) is 0 Å². The molecule has 1 aromatic carbocycles. The second-order valence-electron chi connectivity index (χ2n) is 4.64. The molecule has 2 nitrogen and oxygen atoms in total. The third-order valence-electron chi connectivity index (χ3n) is 3.18. The van der Waals surface area contributed by atoms with Gasteiger partial charge in [0, 0.05) is 22.5 Å². The van der Waals surface area contributed by atoms with Crippen molar-refractivity contribution in [2.45, 2.75) is 25.9 Å². The van der Waals surface area contributed by atoms with Gasteiger partial charge >= 0.3 is 0 Å². The maximum atomic E-state index is 13.4. The van der Waals surface area contributed by atoms with E-state index in [0.717, 1.165) is 9.35 Å². The van der Waals surface area contributed by atoms with E-state index >= 15 is 0 Å². The van der Waals surface area contributed by atoms with Crippen LogP contribution in [0.5, 0.6) is 5.75 Å². The maximum absolute atomic E-state index is 13.4. The van der Waals surface area contributed by atoms with Crippen molar-refractivity contribution >= 4 is 27.3 Å². The Morgan fingerprint density at radius 2 is 1.95 bits per heavy atom. The molecule has 1 N–H and O–H groups in total. The average molecular weight is 358 g/mol. The predicted molar refractivity (Wildman–Crippen MR) is 84.9 cm³/mol. The Balaban J connectivity index is 2.15. The summed E-state index contributed by atoms with van der Waals surface area (Å²) in [4.78, 5) is 1.24. The highest BCUT2D eigenvalue weighted by Crippen LogP contribution is 2.31. The lowest BCUT2D eigenvalue weighted by Gasteiger charge is -2.21. The molecular formula is C15H17BrFNOS. The topological polar surface area (TPSA) is 21.3 Å². The molecule has 2 rings (SSSR count). The van der Waals surface area contributed by atoms with Crippen LogP contribution < -0.4 is 10.1 Å². The molecule has 1 aromatic heterocycles. The van der Waals surface area contributed by atoms with E-state index in [4.69, 9.17) is 4.74 Å². The molecule has 0 amide bonds. The minimum absolute atomic E-state index is 0.00322. The Kier molecular flexibility index (Phi) is 5.18. The number of methoxy groups -OCH3 is 1. The lowest BCUT2D eigenvalue weighted by Crippen LogP contribution is -2.22. The van der Waals surface area contributed by atoms with Crippen molar-refractivity contribution in [2.75, 3.05) is 7.11 Å². The third kappa shape index (κ3) is 3.59. The second kappa shape index (κ2) is 6.70. The highest BCUT2D eigenvalue weighted by molar-refractivity contribution is 9.11. The van der Waals surface area contributed by atoms with E-state index in [1.165, 1.54) is 17.0 Å². The molecule has 0 spiro atoms. The largest absolute Gasteiger partial charge is 0.496 e. The van der Waals surface area contributed by atoms with E-state index in [1.54, 1.807) is 24.5 Å². The Labute approximate surface area is 131 Å². The molecule has 2 unspecified atom stereocenters. The Bertz CT molecular complexity index is 587. The van der Waals surface area contributed by atoms with E-state index in [2.05, 4.69) is 34.2 Å². The van der Waals surface area contributed by atoms with Gasteiger partial charge in [-0.15, -0.1) is 11.3 Å².